The standard InChI is InChI=1S/C12H16ClN3O3S/c1-20(18,19)16-8-6-15(7-9-16)12(17)14-11-4-2-10(13)3-5-11/h2-5H,6-9H2,1H3,(H,14,17). The Morgan fingerprint density at radius 1 is 1.15 bits per heavy atom. The molecule has 0 atom stereocenters. The molecule has 1 aromatic carbocycles. The fourth-order valence-electron chi connectivity index (χ4n) is 1.96. The van der Waals surface area contributed by atoms with E-state index in [0.717, 1.165) is 0 Å². The van der Waals surface area contributed by atoms with Gasteiger partial charge in [-0.1, -0.05) is 11.6 Å². The van der Waals surface area contributed by atoms with Crippen molar-refractivity contribution in [3.05, 3.63) is 29.3 Å². The number of urea groups is 1. The highest BCUT2D eigenvalue weighted by molar-refractivity contribution is 7.88. The summed E-state index contributed by atoms with van der Waals surface area (Å²) in [4.78, 5) is 13.6. The Morgan fingerprint density at radius 3 is 2.20 bits per heavy atom. The smallest absolute Gasteiger partial charge is 0.321 e. The quantitative estimate of drug-likeness (QED) is 0.897. The Balaban J connectivity index is 1.90. The Bertz CT molecular complexity index is 580. The molecule has 1 aliphatic heterocycles. The molecule has 1 aromatic rings. The Hall–Kier alpha value is -1.31. The van der Waals surface area contributed by atoms with Crippen LogP contribution in [-0.4, -0.2) is 56.1 Å². The van der Waals surface area contributed by atoms with Crippen LogP contribution in [0.2, 0.25) is 5.02 Å². The number of hydrogen-bond acceptors (Lipinski definition) is 3. The molecular formula is C12H16ClN3O3S. The first-order chi connectivity index (χ1) is 9.36. The summed E-state index contributed by atoms with van der Waals surface area (Å²) in [6.45, 7) is 1.42. The summed E-state index contributed by atoms with van der Waals surface area (Å²) < 4.78 is 24.1. The van der Waals surface area contributed by atoms with Crippen LogP contribution in [0, 0.1) is 0 Å². The summed E-state index contributed by atoms with van der Waals surface area (Å²) in [6.07, 6.45) is 1.18. The van der Waals surface area contributed by atoms with E-state index < -0.39 is 10.0 Å². The lowest BCUT2D eigenvalue weighted by Crippen LogP contribution is -2.51. The van der Waals surface area contributed by atoms with Gasteiger partial charge >= 0.3 is 6.03 Å². The Labute approximate surface area is 123 Å². The molecule has 1 fully saturated rings. The van der Waals surface area contributed by atoms with Gasteiger partial charge in [0.1, 0.15) is 0 Å². The highest BCUT2D eigenvalue weighted by Crippen LogP contribution is 2.14. The summed E-state index contributed by atoms with van der Waals surface area (Å²) in [5.74, 6) is 0. The summed E-state index contributed by atoms with van der Waals surface area (Å²) >= 11 is 5.77. The van der Waals surface area contributed by atoms with Gasteiger partial charge < -0.3 is 10.2 Å². The minimum Gasteiger partial charge on any atom is -0.322 e. The summed E-state index contributed by atoms with van der Waals surface area (Å²) in [6, 6.07) is 6.58. The molecule has 1 saturated heterocycles. The van der Waals surface area contributed by atoms with Gasteiger partial charge in [-0.05, 0) is 24.3 Å². The van der Waals surface area contributed by atoms with Crippen molar-refractivity contribution in [2.24, 2.45) is 0 Å². The normalized spacial score (nSPS) is 17.0. The number of sulfonamides is 1. The topological polar surface area (TPSA) is 69.7 Å². The van der Waals surface area contributed by atoms with E-state index >= 15 is 0 Å². The molecule has 20 heavy (non-hydrogen) atoms. The number of carbonyl (C=O) groups is 1. The minimum absolute atomic E-state index is 0.236. The van der Waals surface area contributed by atoms with Gasteiger partial charge in [0.2, 0.25) is 10.0 Å². The molecule has 2 rings (SSSR count). The average Bonchev–Trinajstić information content (AvgIpc) is 2.40. The highest BCUT2D eigenvalue weighted by Gasteiger charge is 2.25. The summed E-state index contributed by atoms with van der Waals surface area (Å²) in [5.41, 5.74) is 0.657. The van der Waals surface area contributed by atoms with Crippen LogP contribution in [0.3, 0.4) is 0 Å². The second-order valence-electron chi connectivity index (χ2n) is 4.59. The zero-order chi connectivity index (χ0) is 14.8. The number of amides is 2. The number of nitrogens with one attached hydrogen (secondary N) is 1. The van der Waals surface area contributed by atoms with E-state index in [1.54, 1.807) is 29.2 Å². The van der Waals surface area contributed by atoms with Crippen LogP contribution in [0.5, 0.6) is 0 Å². The second kappa shape index (κ2) is 5.99. The number of rotatable bonds is 2. The molecule has 0 saturated carbocycles. The molecule has 0 radical (unpaired) electrons. The molecule has 6 nitrogen and oxygen atoms in total. The molecular weight excluding hydrogens is 302 g/mol. The van der Waals surface area contributed by atoms with Crippen molar-refractivity contribution in [3.63, 3.8) is 0 Å². The summed E-state index contributed by atoms with van der Waals surface area (Å²) in [5, 5.41) is 3.35. The maximum Gasteiger partial charge on any atom is 0.321 e. The van der Waals surface area contributed by atoms with E-state index in [1.165, 1.54) is 10.6 Å². The van der Waals surface area contributed by atoms with Crippen molar-refractivity contribution in [1.82, 2.24) is 9.21 Å². The first-order valence-corrected chi connectivity index (χ1v) is 8.35. The van der Waals surface area contributed by atoms with Crippen molar-refractivity contribution < 1.29 is 13.2 Å². The number of piperazine rings is 1. The predicted octanol–water partition coefficient (Wildman–Crippen LogP) is 1.45. The number of nitrogens with zero attached hydrogens (tertiary/aromatic N) is 2. The van der Waals surface area contributed by atoms with Crippen molar-refractivity contribution in [2.45, 2.75) is 0 Å². The molecule has 2 amide bonds. The molecule has 8 heteroatoms. The second-order valence-corrected chi connectivity index (χ2v) is 7.01. The third-order valence-corrected chi connectivity index (χ3v) is 4.65. The fourth-order valence-corrected chi connectivity index (χ4v) is 2.91. The van der Waals surface area contributed by atoms with Crippen LogP contribution < -0.4 is 5.32 Å². The van der Waals surface area contributed by atoms with Crippen molar-refractivity contribution in [1.29, 1.82) is 0 Å². The van der Waals surface area contributed by atoms with E-state index in [-0.39, 0.29) is 6.03 Å². The minimum atomic E-state index is -3.18. The van der Waals surface area contributed by atoms with Gasteiger partial charge in [0, 0.05) is 36.9 Å². The maximum absolute atomic E-state index is 12.0. The van der Waals surface area contributed by atoms with Crippen LogP contribution in [-0.2, 0) is 10.0 Å². The van der Waals surface area contributed by atoms with E-state index in [9.17, 15) is 13.2 Å². The molecule has 0 bridgehead atoms. The number of benzene rings is 1. The van der Waals surface area contributed by atoms with E-state index in [2.05, 4.69) is 5.32 Å². The molecule has 1 heterocycles. The highest BCUT2D eigenvalue weighted by atomic mass is 35.5. The van der Waals surface area contributed by atoms with Crippen LogP contribution in [0.15, 0.2) is 24.3 Å². The zero-order valence-electron chi connectivity index (χ0n) is 11.0. The average molecular weight is 318 g/mol. The number of anilines is 1. The van der Waals surface area contributed by atoms with Crippen molar-refractivity contribution in [3.8, 4) is 0 Å². The molecule has 0 aromatic heterocycles. The largest absolute Gasteiger partial charge is 0.322 e. The first kappa shape index (κ1) is 15.1. The predicted molar refractivity (Wildman–Crippen MR) is 78.5 cm³/mol. The Kier molecular flexibility index (Phi) is 4.52. The molecule has 0 unspecified atom stereocenters. The van der Waals surface area contributed by atoms with Gasteiger partial charge in [0.05, 0.1) is 6.26 Å². The third kappa shape index (κ3) is 3.84. The van der Waals surface area contributed by atoms with Gasteiger partial charge in [-0.25, -0.2) is 13.2 Å². The number of halogens is 1. The fraction of sp³-hybridized carbons (Fsp3) is 0.417. The van der Waals surface area contributed by atoms with Gasteiger partial charge in [0.25, 0.3) is 0 Å². The Morgan fingerprint density at radius 2 is 1.70 bits per heavy atom. The van der Waals surface area contributed by atoms with E-state index in [4.69, 9.17) is 11.6 Å². The van der Waals surface area contributed by atoms with Crippen molar-refractivity contribution >= 4 is 33.3 Å². The number of carbonyl (C=O) groups excluding carboxylic acids is 1. The van der Waals surface area contributed by atoms with Crippen LogP contribution in [0.25, 0.3) is 0 Å². The zero-order valence-corrected chi connectivity index (χ0v) is 12.6. The molecule has 1 N–H and O–H groups in total. The lowest BCUT2D eigenvalue weighted by molar-refractivity contribution is 0.184. The SMILES string of the molecule is CS(=O)(=O)N1CCN(C(=O)Nc2ccc(Cl)cc2)CC1. The first-order valence-electron chi connectivity index (χ1n) is 6.13. The monoisotopic (exact) mass is 317 g/mol. The van der Waals surface area contributed by atoms with Gasteiger partial charge in [-0.15, -0.1) is 0 Å². The molecule has 0 aliphatic carbocycles. The van der Waals surface area contributed by atoms with Gasteiger partial charge in [-0.2, -0.15) is 4.31 Å². The molecule has 1 aliphatic rings. The number of hydrogen-bond donors (Lipinski definition) is 1. The van der Waals surface area contributed by atoms with E-state index in [1.807, 2.05) is 0 Å². The lowest BCUT2D eigenvalue weighted by Gasteiger charge is -2.33. The summed E-state index contributed by atoms with van der Waals surface area (Å²) in [7, 11) is -3.18. The van der Waals surface area contributed by atoms with Crippen LogP contribution in [0.4, 0.5) is 10.5 Å². The molecule has 0 spiro atoms. The third-order valence-electron chi connectivity index (χ3n) is 3.09. The van der Waals surface area contributed by atoms with Crippen LogP contribution >= 0.6 is 11.6 Å². The van der Waals surface area contributed by atoms with Crippen molar-refractivity contribution in [2.75, 3.05) is 37.8 Å². The maximum atomic E-state index is 12.0. The van der Waals surface area contributed by atoms with Crippen LogP contribution in [0.1, 0.15) is 0 Å². The lowest BCUT2D eigenvalue weighted by atomic mass is 10.3. The van der Waals surface area contributed by atoms with Gasteiger partial charge in [0.15, 0.2) is 0 Å². The van der Waals surface area contributed by atoms with E-state index in [0.29, 0.717) is 36.9 Å². The molecule has 110 valence electrons. The van der Waals surface area contributed by atoms with Gasteiger partial charge in [-0.3, -0.25) is 0 Å².